The third-order valence-corrected chi connectivity index (χ3v) is 1.95. The maximum absolute atomic E-state index is 10.9. The molecule has 2 rings (SSSR count). The van der Waals surface area contributed by atoms with Crippen molar-refractivity contribution in [2.24, 2.45) is 0 Å². The molecule has 0 spiro atoms. The van der Waals surface area contributed by atoms with Crippen molar-refractivity contribution in [3.05, 3.63) is 30.3 Å². The van der Waals surface area contributed by atoms with Crippen molar-refractivity contribution < 1.29 is 19.1 Å². The van der Waals surface area contributed by atoms with Crippen molar-refractivity contribution in [2.75, 3.05) is 13.9 Å². The van der Waals surface area contributed by atoms with Gasteiger partial charge in [-0.25, -0.2) is 0 Å². The Bertz CT molecular complexity index is 449. The first-order valence-electron chi connectivity index (χ1n) is 4.65. The molecule has 0 N–H and O–H groups in total. The highest BCUT2D eigenvalue weighted by Gasteiger charge is 2.06. The van der Waals surface area contributed by atoms with Crippen LogP contribution >= 0.6 is 0 Å². The van der Waals surface area contributed by atoms with Gasteiger partial charge in [-0.1, -0.05) is 24.3 Å². The highest BCUT2D eigenvalue weighted by atomic mass is 16.7. The molecule has 5 heteroatoms. The first kappa shape index (κ1) is 10.5. The second kappa shape index (κ2) is 4.67. The van der Waals surface area contributed by atoms with Gasteiger partial charge in [0.25, 0.3) is 5.88 Å². The fourth-order valence-electron chi connectivity index (χ4n) is 1.20. The molecule has 0 bridgehead atoms. The standard InChI is InChI=1S/C11H11NO4/c1-14-7-15-11-6-10(16-12-11)8-2-4-9(13)5-3-8/h2-6,13H,7H2,1H3/p-1. The second-order valence-electron chi connectivity index (χ2n) is 3.10. The Labute approximate surface area is 92.2 Å². The minimum Gasteiger partial charge on any atom is -0.872 e. The molecule has 1 aromatic carbocycles. The molecule has 0 radical (unpaired) electrons. The first-order valence-corrected chi connectivity index (χ1v) is 4.65. The van der Waals surface area contributed by atoms with Gasteiger partial charge in [0, 0.05) is 18.7 Å². The fourth-order valence-corrected chi connectivity index (χ4v) is 1.20. The second-order valence-corrected chi connectivity index (χ2v) is 3.10. The van der Waals surface area contributed by atoms with Gasteiger partial charge in [0.1, 0.15) is 0 Å². The largest absolute Gasteiger partial charge is 0.872 e. The zero-order chi connectivity index (χ0) is 11.4. The van der Waals surface area contributed by atoms with Crippen molar-refractivity contribution in [2.45, 2.75) is 0 Å². The van der Waals surface area contributed by atoms with Crippen LogP contribution in [-0.4, -0.2) is 19.1 Å². The number of nitrogens with zero attached hydrogens (tertiary/aromatic N) is 1. The van der Waals surface area contributed by atoms with E-state index in [0.717, 1.165) is 5.56 Å². The summed E-state index contributed by atoms with van der Waals surface area (Å²) in [6.07, 6.45) is 0. The summed E-state index contributed by atoms with van der Waals surface area (Å²) in [5.74, 6) is 0.855. The molecular weight excluding hydrogens is 210 g/mol. The highest BCUT2D eigenvalue weighted by Crippen LogP contribution is 2.24. The zero-order valence-electron chi connectivity index (χ0n) is 8.67. The summed E-state index contributed by atoms with van der Waals surface area (Å²) in [7, 11) is 1.52. The van der Waals surface area contributed by atoms with Crippen LogP contribution in [0.5, 0.6) is 11.6 Å². The Morgan fingerprint density at radius 3 is 2.75 bits per heavy atom. The van der Waals surface area contributed by atoms with Crippen LogP contribution in [0.25, 0.3) is 11.3 Å². The number of hydrogen-bond donors (Lipinski definition) is 0. The molecule has 0 atom stereocenters. The Balaban J connectivity index is 2.15. The molecule has 0 saturated carbocycles. The minimum atomic E-state index is -0.0425. The van der Waals surface area contributed by atoms with Crippen LogP contribution in [-0.2, 0) is 4.74 Å². The van der Waals surface area contributed by atoms with Crippen LogP contribution in [0.4, 0.5) is 0 Å². The van der Waals surface area contributed by atoms with Crippen molar-refractivity contribution in [3.63, 3.8) is 0 Å². The molecule has 16 heavy (non-hydrogen) atoms. The number of rotatable bonds is 4. The van der Waals surface area contributed by atoms with Crippen molar-refractivity contribution in [3.8, 4) is 23.0 Å². The molecule has 0 saturated heterocycles. The number of hydrogen-bond acceptors (Lipinski definition) is 5. The van der Waals surface area contributed by atoms with Crippen molar-refractivity contribution >= 4 is 0 Å². The maximum atomic E-state index is 10.9. The summed E-state index contributed by atoms with van der Waals surface area (Å²) in [5, 5.41) is 14.6. The van der Waals surface area contributed by atoms with Gasteiger partial charge in [-0.15, -0.1) is 5.75 Å². The number of aromatic nitrogens is 1. The van der Waals surface area contributed by atoms with Gasteiger partial charge in [0.2, 0.25) is 0 Å². The molecule has 0 aliphatic heterocycles. The first-order chi connectivity index (χ1) is 7.79. The van der Waals surface area contributed by atoms with Crippen molar-refractivity contribution in [1.82, 2.24) is 5.16 Å². The molecule has 0 amide bonds. The van der Waals surface area contributed by atoms with Gasteiger partial charge in [-0.2, -0.15) is 0 Å². The van der Waals surface area contributed by atoms with Gasteiger partial charge >= 0.3 is 0 Å². The summed E-state index contributed by atoms with van der Waals surface area (Å²) < 4.78 is 14.9. The van der Waals surface area contributed by atoms with E-state index in [4.69, 9.17) is 14.0 Å². The molecule has 0 aliphatic rings. The normalized spacial score (nSPS) is 10.3. The number of benzene rings is 1. The zero-order valence-corrected chi connectivity index (χ0v) is 8.67. The van der Waals surface area contributed by atoms with Crippen molar-refractivity contribution in [1.29, 1.82) is 0 Å². The molecule has 0 fully saturated rings. The van der Waals surface area contributed by atoms with Gasteiger partial charge < -0.3 is 19.1 Å². The van der Waals surface area contributed by atoms with E-state index in [0.29, 0.717) is 11.6 Å². The summed E-state index contributed by atoms with van der Waals surface area (Å²) >= 11 is 0. The Morgan fingerprint density at radius 1 is 1.31 bits per heavy atom. The van der Waals surface area contributed by atoms with Crippen LogP contribution in [0.3, 0.4) is 0 Å². The van der Waals surface area contributed by atoms with E-state index in [1.54, 1.807) is 18.2 Å². The van der Waals surface area contributed by atoms with Gasteiger partial charge in [0.05, 0.1) is 0 Å². The molecular formula is C11H10NO4-. The highest BCUT2D eigenvalue weighted by molar-refractivity contribution is 5.58. The topological polar surface area (TPSA) is 67.5 Å². The van der Waals surface area contributed by atoms with Crippen LogP contribution in [0.1, 0.15) is 0 Å². The predicted molar refractivity (Wildman–Crippen MR) is 53.9 cm³/mol. The van der Waals surface area contributed by atoms with E-state index in [-0.39, 0.29) is 12.5 Å². The monoisotopic (exact) mass is 220 g/mol. The van der Waals surface area contributed by atoms with E-state index >= 15 is 0 Å². The molecule has 5 nitrogen and oxygen atoms in total. The predicted octanol–water partition coefficient (Wildman–Crippen LogP) is 1.40. The van der Waals surface area contributed by atoms with Gasteiger partial charge in [0.15, 0.2) is 12.6 Å². The number of methoxy groups -OCH3 is 1. The lowest BCUT2D eigenvalue weighted by Gasteiger charge is -2.03. The molecule has 1 aromatic heterocycles. The third-order valence-electron chi connectivity index (χ3n) is 1.95. The van der Waals surface area contributed by atoms with Crippen LogP contribution in [0, 0.1) is 0 Å². The summed E-state index contributed by atoms with van der Waals surface area (Å²) in [4.78, 5) is 0. The lowest BCUT2D eigenvalue weighted by molar-refractivity contribution is -0.268. The fraction of sp³-hybridized carbons (Fsp3) is 0.182. The third kappa shape index (κ3) is 2.32. The van der Waals surface area contributed by atoms with Gasteiger partial charge in [-0.3, -0.25) is 0 Å². The quantitative estimate of drug-likeness (QED) is 0.728. The van der Waals surface area contributed by atoms with Crippen LogP contribution < -0.4 is 9.84 Å². The Hall–Kier alpha value is -2.01. The number of ether oxygens (including phenoxy) is 2. The lowest BCUT2D eigenvalue weighted by atomic mass is 10.2. The maximum Gasteiger partial charge on any atom is 0.256 e. The van der Waals surface area contributed by atoms with E-state index in [1.807, 2.05) is 0 Å². The average Bonchev–Trinajstić information content (AvgIpc) is 2.76. The lowest BCUT2D eigenvalue weighted by Crippen LogP contribution is -1.98. The van der Waals surface area contributed by atoms with Crippen LogP contribution in [0.2, 0.25) is 0 Å². The summed E-state index contributed by atoms with van der Waals surface area (Å²) in [6.45, 7) is 0.117. The van der Waals surface area contributed by atoms with Crippen LogP contribution in [0.15, 0.2) is 34.9 Å². The smallest absolute Gasteiger partial charge is 0.256 e. The van der Waals surface area contributed by atoms with E-state index in [1.165, 1.54) is 19.2 Å². The molecule has 0 unspecified atom stereocenters. The van der Waals surface area contributed by atoms with E-state index in [2.05, 4.69) is 5.16 Å². The SMILES string of the molecule is COCOc1cc(-c2ccc([O-])cc2)on1. The van der Waals surface area contributed by atoms with Gasteiger partial charge in [-0.05, 0) is 5.16 Å². The van der Waals surface area contributed by atoms with E-state index < -0.39 is 0 Å². The Kier molecular flexibility index (Phi) is 3.07. The van der Waals surface area contributed by atoms with E-state index in [9.17, 15) is 5.11 Å². The average molecular weight is 220 g/mol. The molecule has 1 heterocycles. The molecule has 84 valence electrons. The molecule has 0 aliphatic carbocycles. The summed E-state index contributed by atoms with van der Waals surface area (Å²) in [6, 6.07) is 7.91. The summed E-state index contributed by atoms with van der Waals surface area (Å²) in [5.41, 5.74) is 0.777. The molecule has 2 aromatic rings. The minimum absolute atomic E-state index is 0.0425. The Morgan fingerprint density at radius 2 is 2.06 bits per heavy atom.